The van der Waals surface area contributed by atoms with Crippen LogP contribution in [-0.2, 0) is 0 Å². The van der Waals surface area contributed by atoms with Gasteiger partial charge in [-0.05, 0) is 42.5 Å². The fraction of sp³-hybridized carbons (Fsp3) is 0.357. The molecule has 17 heavy (non-hydrogen) atoms. The van der Waals surface area contributed by atoms with E-state index in [9.17, 15) is 0 Å². The van der Waals surface area contributed by atoms with Crippen molar-refractivity contribution in [3.05, 3.63) is 34.9 Å². The van der Waals surface area contributed by atoms with E-state index in [1.807, 2.05) is 0 Å². The van der Waals surface area contributed by atoms with Crippen molar-refractivity contribution in [2.45, 2.75) is 33.6 Å². The highest BCUT2D eigenvalue weighted by Gasteiger charge is 2.12. The first-order chi connectivity index (χ1) is 7.99. The summed E-state index contributed by atoms with van der Waals surface area (Å²) in [4.78, 5) is 0. The van der Waals surface area contributed by atoms with Crippen molar-refractivity contribution >= 4 is 5.88 Å². The van der Waals surface area contributed by atoms with Gasteiger partial charge in [0.25, 0.3) is 0 Å². The van der Waals surface area contributed by atoms with Crippen molar-refractivity contribution in [3.8, 4) is 11.3 Å². The second kappa shape index (κ2) is 4.24. The van der Waals surface area contributed by atoms with Crippen LogP contribution in [0.4, 0.5) is 5.88 Å². The first-order valence-corrected chi connectivity index (χ1v) is 5.82. The van der Waals surface area contributed by atoms with Gasteiger partial charge in [-0.2, -0.15) is 0 Å². The Morgan fingerprint density at radius 3 is 2.41 bits per heavy atom. The van der Waals surface area contributed by atoms with Crippen molar-refractivity contribution in [3.63, 3.8) is 0 Å². The maximum Gasteiger partial charge on any atom is 0.222 e. The zero-order valence-electron chi connectivity index (χ0n) is 10.7. The normalized spacial score (nSPS) is 11.1. The lowest BCUT2D eigenvalue weighted by Crippen LogP contribution is -1.94. The topological polar surface area (TPSA) is 52.0 Å². The Balaban J connectivity index is 2.60. The van der Waals surface area contributed by atoms with Crippen LogP contribution in [0.2, 0.25) is 0 Å². The van der Waals surface area contributed by atoms with E-state index in [-0.39, 0.29) is 0 Å². The molecule has 0 fully saturated rings. The molecule has 0 aliphatic carbocycles. The third-order valence-corrected chi connectivity index (χ3v) is 3.16. The Morgan fingerprint density at radius 2 is 1.88 bits per heavy atom. The lowest BCUT2D eigenvalue weighted by molar-refractivity contribution is 0.439. The minimum atomic E-state index is 0.354. The molecule has 90 valence electrons. The minimum absolute atomic E-state index is 0.354. The number of rotatable bonds is 2. The molecule has 0 saturated carbocycles. The van der Waals surface area contributed by atoms with Gasteiger partial charge >= 0.3 is 0 Å². The number of nitrogen functional groups attached to an aromatic ring is 1. The molecule has 0 bridgehead atoms. The number of nitrogens with zero attached hydrogens (tertiary/aromatic N) is 1. The van der Waals surface area contributed by atoms with Gasteiger partial charge in [0, 0.05) is 11.6 Å². The molecule has 0 aliphatic rings. The van der Waals surface area contributed by atoms with Crippen molar-refractivity contribution in [1.82, 2.24) is 5.16 Å². The maximum atomic E-state index is 5.57. The highest BCUT2D eigenvalue weighted by Crippen LogP contribution is 2.30. The predicted octanol–water partition coefficient (Wildman–Crippen LogP) is 3.66. The number of hydrogen-bond donors (Lipinski definition) is 1. The first kappa shape index (κ1) is 11.7. The Labute approximate surface area is 102 Å². The van der Waals surface area contributed by atoms with Crippen molar-refractivity contribution < 1.29 is 4.52 Å². The quantitative estimate of drug-likeness (QED) is 0.856. The number of benzene rings is 1. The van der Waals surface area contributed by atoms with Crippen LogP contribution in [0.15, 0.2) is 22.7 Å². The van der Waals surface area contributed by atoms with Gasteiger partial charge < -0.3 is 10.3 Å². The summed E-state index contributed by atoms with van der Waals surface area (Å²) in [5, 5.41) is 3.99. The first-order valence-electron chi connectivity index (χ1n) is 5.82. The fourth-order valence-corrected chi connectivity index (χ4v) is 1.90. The van der Waals surface area contributed by atoms with Crippen LogP contribution < -0.4 is 5.73 Å². The van der Waals surface area contributed by atoms with Crippen molar-refractivity contribution in [1.29, 1.82) is 0 Å². The van der Waals surface area contributed by atoms with Crippen LogP contribution in [0.5, 0.6) is 0 Å². The SMILES string of the molecule is Cc1cc(C(C)C)cc(-c2cc(N)on2)c1C. The molecular weight excluding hydrogens is 212 g/mol. The molecule has 0 aliphatic heterocycles. The minimum Gasteiger partial charge on any atom is -0.368 e. The number of anilines is 1. The molecule has 1 heterocycles. The predicted molar refractivity (Wildman–Crippen MR) is 69.9 cm³/mol. The molecule has 0 spiro atoms. The van der Waals surface area contributed by atoms with Gasteiger partial charge in [-0.15, -0.1) is 0 Å². The third kappa shape index (κ3) is 2.18. The monoisotopic (exact) mass is 230 g/mol. The van der Waals surface area contributed by atoms with Gasteiger partial charge in [0.15, 0.2) is 0 Å². The molecule has 1 aromatic heterocycles. The maximum absolute atomic E-state index is 5.57. The third-order valence-electron chi connectivity index (χ3n) is 3.16. The fourth-order valence-electron chi connectivity index (χ4n) is 1.90. The average molecular weight is 230 g/mol. The van der Waals surface area contributed by atoms with E-state index in [2.05, 4.69) is 45.0 Å². The molecule has 3 nitrogen and oxygen atoms in total. The molecule has 0 amide bonds. The Hall–Kier alpha value is -1.77. The largest absolute Gasteiger partial charge is 0.368 e. The van der Waals surface area contributed by atoms with E-state index in [1.54, 1.807) is 6.07 Å². The number of aromatic nitrogens is 1. The van der Waals surface area contributed by atoms with Gasteiger partial charge in [-0.25, -0.2) is 0 Å². The Morgan fingerprint density at radius 1 is 1.18 bits per heavy atom. The highest BCUT2D eigenvalue weighted by molar-refractivity contribution is 5.67. The number of aryl methyl sites for hydroxylation is 1. The summed E-state index contributed by atoms with van der Waals surface area (Å²) in [6.45, 7) is 8.59. The summed E-state index contributed by atoms with van der Waals surface area (Å²) >= 11 is 0. The van der Waals surface area contributed by atoms with E-state index in [1.165, 1.54) is 16.7 Å². The van der Waals surface area contributed by atoms with E-state index < -0.39 is 0 Å². The van der Waals surface area contributed by atoms with E-state index in [0.29, 0.717) is 11.8 Å². The summed E-state index contributed by atoms with van der Waals surface area (Å²) in [5.41, 5.74) is 11.3. The second-order valence-corrected chi connectivity index (χ2v) is 4.78. The van der Waals surface area contributed by atoms with Gasteiger partial charge in [0.2, 0.25) is 5.88 Å². The molecule has 2 N–H and O–H groups in total. The van der Waals surface area contributed by atoms with Crippen LogP contribution in [0.3, 0.4) is 0 Å². The molecule has 2 rings (SSSR count). The molecule has 1 aromatic carbocycles. The Kier molecular flexibility index (Phi) is 2.92. The standard InChI is InChI=1S/C14H18N2O/c1-8(2)11-5-9(3)10(4)12(6-11)13-7-14(15)17-16-13/h5-8H,15H2,1-4H3. The lowest BCUT2D eigenvalue weighted by atomic mass is 9.93. The second-order valence-electron chi connectivity index (χ2n) is 4.78. The summed E-state index contributed by atoms with van der Waals surface area (Å²) in [6.07, 6.45) is 0. The summed E-state index contributed by atoms with van der Waals surface area (Å²) < 4.78 is 4.94. The molecule has 3 heteroatoms. The average Bonchev–Trinajstić information content (AvgIpc) is 2.68. The van der Waals surface area contributed by atoms with Gasteiger partial charge in [0.1, 0.15) is 5.69 Å². The molecule has 0 saturated heterocycles. The van der Waals surface area contributed by atoms with Crippen molar-refractivity contribution in [2.75, 3.05) is 5.73 Å². The number of hydrogen-bond acceptors (Lipinski definition) is 3. The van der Waals surface area contributed by atoms with E-state index in [0.717, 1.165) is 11.3 Å². The highest BCUT2D eigenvalue weighted by atomic mass is 16.5. The zero-order chi connectivity index (χ0) is 12.6. The van der Waals surface area contributed by atoms with Gasteiger partial charge in [-0.3, -0.25) is 0 Å². The molecule has 0 radical (unpaired) electrons. The zero-order valence-corrected chi connectivity index (χ0v) is 10.7. The van der Waals surface area contributed by atoms with Crippen LogP contribution in [0.1, 0.15) is 36.5 Å². The number of nitrogens with two attached hydrogens (primary N) is 1. The summed E-state index contributed by atoms with van der Waals surface area (Å²) in [6, 6.07) is 6.17. The summed E-state index contributed by atoms with van der Waals surface area (Å²) in [7, 11) is 0. The smallest absolute Gasteiger partial charge is 0.222 e. The molecule has 0 unspecified atom stereocenters. The van der Waals surface area contributed by atoms with Crippen LogP contribution in [-0.4, -0.2) is 5.16 Å². The van der Waals surface area contributed by atoms with Crippen LogP contribution in [0.25, 0.3) is 11.3 Å². The van der Waals surface area contributed by atoms with Crippen LogP contribution in [0, 0.1) is 13.8 Å². The van der Waals surface area contributed by atoms with E-state index >= 15 is 0 Å². The van der Waals surface area contributed by atoms with Crippen LogP contribution >= 0.6 is 0 Å². The van der Waals surface area contributed by atoms with Crippen molar-refractivity contribution in [2.24, 2.45) is 0 Å². The Bertz CT molecular complexity index is 541. The van der Waals surface area contributed by atoms with Gasteiger partial charge in [0.05, 0.1) is 0 Å². The summed E-state index contributed by atoms with van der Waals surface area (Å²) in [5.74, 6) is 0.851. The molecule has 0 atom stereocenters. The lowest BCUT2D eigenvalue weighted by Gasteiger charge is -2.12. The van der Waals surface area contributed by atoms with Gasteiger partial charge in [-0.1, -0.05) is 25.1 Å². The molecule has 2 aromatic rings. The molecular formula is C14H18N2O. The van der Waals surface area contributed by atoms with E-state index in [4.69, 9.17) is 10.3 Å².